The van der Waals surface area contributed by atoms with Crippen LogP contribution in [0.1, 0.15) is 50.7 Å². The van der Waals surface area contributed by atoms with Crippen molar-refractivity contribution in [2.24, 2.45) is 0 Å². The highest BCUT2D eigenvalue weighted by Gasteiger charge is 2.46. The van der Waals surface area contributed by atoms with Crippen LogP contribution in [-0.4, -0.2) is 67.0 Å². The molecule has 0 unspecified atom stereocenters. The monoisotopic (exact) mass is 517 g/mol. The summed E-state index contributed by atoms with van der Waals surface area (Å²) in [4.78, 5) is 43.7. The Bertz CT molecular complexity index is 1150. The van der Waals surface area contributed by atoms with Crippen molar-refractivity contribution >= 4 is 23.5 Å². The summed E-state index contributed by atoms with van der Waals surface area (Å²) in [5.74, 6) is 0.0801. The Labute approximate surface area is 225 Å². The number of urea groups is 1. The second-order valence-corrected chi connectivity index (χ2v) is 11.3. The van der Waals surface area contributed by atoms with Gasteiger partial charge in [-0.1, -0.05) is 48.5 Å². The molecule has 3 aliphatic heterocycles. The molecule has 5 rings (SSSR count). The largest absolute Gasteiger partial charge is 0.341 e. The van der Waals surface area contributed by atoms with Crippen molar-refractivity contribution in [2.45, 2.75) is 69.5 Å². The number of nitrogens with one attached hydrogen (secondary N) is 3. The number of rotatable bonds is 7. The quantitative estimate of drug-likeness (QED) is 0.527. The van der Waals surface area contributed by atoms with Gasteiger partial charge in [-0.25, -0.2) is 4.79 Å². The fourth-order valence-electron chi connectivity index (χ4n) is 6.04. The number of carbonyl (C=O) groups excluding carboxylic acids is 3. The third-order valence-electron chi connectivity index (χ3n) is 8.30. The summed E-state index contributed by atoms with van der Waals surface area (Å²) in [6.07, 6.45) is 3.55. The van der Waals surface area contributed by atoms with E-state index in [4.69, 9.17) is 0 Å². The topological polar surface area (TPSA) is 93.8 Å². The van der Waals surface area contributed by atoms with Crippen LogP contribution in [0.15, 0.2) is 54.6 Å². The van der Waals surface area contributed by atoms with E-state index in [-0.39, 0.29) is 29.9 Å². The van der Waals surface area contributed by atoms with E-state index in [9.17, 15) is 14.4 Å². The van der Waals surface area contributed by atoms with Crippen LogP contribution in [-0.2, 0) is 21.4 Å². The molecule has 3 heterocycles. The highest BCUT2D eigenvalue weighted by atomic mass is 16.2. The summed E-state index contributed by atoms with van der Waals surface area (Å²) in [6.45, 7) is 6.74. The smallest absolute Gasteiger partial charge is 0.315 e. The molecule has 0 bridgehead atoms. The van der Waals surface area contributed by atoms with Crippen molar-refractivity contribution in [3.05, 3.63) is 65.7 Å². The molecule has 2 fully saturated rings. The zero-order valence-electron chi connectivity index (χ0n) is 22.4. The Morgan fingerprint density at radius 3 is 2.45 bits per heavy atom. The maximum atomic E-state index is 13.7. The molecule has 38 heavy (non-hydrogen) atoms. The Balaban J connectivity index is 1.24. The first-order valence-electron chi connectivity index (χ1n) is 13.9. The van der Waals surface area contributed by atoms with Crippen molar-refractivity contribution in [3.8, 4) is 0 Å². The fourth-order valence-corrected chi connectivity index (χ4v) is 6.04. The van der Waals surface area contributed by atoms with Crippen LogP contribution in [0, 0.1) is 0 Å². The Kier molecular flexibility index (Phi) is 7.70. The molecular formula is C30H39N5O3. The first-order valence-corrected chi connectivity index (χ1v) is 13.9. The van der Waals surface area contributed by atoms with E-state index in [2.05, 4.69) is 16.0 Å². The Morgan fingerprint density at radius 2 is 1.74 bits per heavy atom. The summed E-state index contributed by atoms with van der Waals surface area (Å²) in [5.41, 5.74) is 2.66. The number of nitrogens with zero attached hydrogens (tertiary/aromatic N) is 2. The van der Waals surface area contributed by atoms with Crippen LogP contribution in [0.2, 0.25) is 0 Å². The molecule has 2 aromatic carbocycles. The molecule has 2 aromatic rings. The number of aryl methyl sites for hydroxylation is 1. The van der Waals surface area contributed by atoms with Crippen molar-refractivity contribution in [1.82, 2.24) is 20.9 Å². The van der Waals surface area contributed by atoms with E-state index in [1.54, 1.807) is 0 Å². The van der Waals surface area contributed by atoms with Gasteiger partial charge in [0.15, 0.2) is 0 Å². The number of carbonyl (C=O) groups is 3. The fraction of sp³-hybridized carbons (Fsp3) is 0.500. The molecular weight excluding hydrogens is 478 g/mol. The zero-order valence-corrected chi connectivity index (χ0v) is 22.4. The van der Waals surface area contributed by atoms with Crippen molar-refractivity contribution in [3.63, 3.8) is 0 Å². The number of benzene rings is 2. The number of anilines is 1. The zero-order chi connectivity index (χ0) is 26.7. The third kappa shape index (κ3) is 5.41. The normalized spacial score (nSPS) is 21.7. The lowest BCUT2D eigenvalue weighted by atomic mass is 9.86. The molecule has 4 amide bonds. The summed E-state index contributed by atoms with van der Waals surface area (Å²) in [6, 6.07) is 17.3. The van der Waals surface area contributed by atoms with E-state index in [0.29, 0.717) is 38.8 Å². The van der Waals surface area contributed by atoms with Crippen LogP contribution >= 0.6 is 0 Å². The minimum atomic E-state index is -0.603. The molecule has 0 spiro atoms. The minimum absolute atomic E-state index is 0.0486. The number of likely N-dealkylation sites (tertiary alicyclic amines) is 1. The Hall–Kier alpha value is -3.39. The van der Waals surface area contributed by atoms with Crippen LogP contribution in [0.25, 0.3) is 0 Å². The maximum Gasteiger partial charge on any atom is 0.315 e. The van der Waals surface area contributed by atoms with Crippen LogP contribution in [0.4, 0.5) is 10.5 Å². The van der Waals surface area contributed by atoms with Gasteiger partial charge in [-0.2, -0.15) is 0 Å². The van der Waals surface area contributed by atoms with E-state index >= 15 is 0 Å². The van der Waals surface area contributed by atoms with Gasteiger partial charge in [0.1, 0.15) is 6.04 Å². The molecule has 8 heteroatoms. The van der Waals surface area contributed by atoms with Gasteiger partial charge >= 0.3 is 6.03 Å². The lowest BCUT2D eigenvalue weighted by Crippen LogP contribution is -2.56. The van der Waals surface area contributed by atoms with Gasteiger partial charge in [-0.05, 0) is 69.7 Å². The first kappa shape index (κ1) is 26.2. The molecule has 8 nitrogen and oxygen atoms in total. The molecule has 0 aromatic heterocycles. The molecule has 202 valence electrons. The van der Waals surface area contributed by atoms with Crippen molar-refractivity contribution in [1.29, 1.82) is 0 Å². The van der Waals surface area contributed by atoms with E-state index in [1.165, 1.54) is 0 Å². The van der Waals surface area contributed by atoms with E-state index < -0.39 is 11.5 Å². The number of para-hydroxylation sites is 1. The average molecular weight is 518 g/mol. The van der Waals surface area contributed by atoms with Crippen LogP contribution in [0.5, 0.6) is 0 Å². The van der Waals surface area contributed by atoms with Crippen LogP contribution < -0.4 is 20.9 Å². The van der Waals surface area contributed by atoms with Gasteiger partial charge in [-0.3, -0.25) is 9.59 Å². The first-order chi connectivity index (χ1) is 18.3. The highest BCUT2D eigenvalue weighted by molar-refractivity contribution is 6.08. The molecule has 0 radical (unpaired) electrons. The van der Waals surface area contributed by atoms with Crippen molar-refractivity contribution < 1.29 is 14.4 Å². The van der Waals surface area contributed by atoms with Gasteiger partial charge in [0.2, 0.25) is 11.8 Å². The summed E-state index contributed by atoms with van der Waals surface area (Å²) in [5, 5.41) is 9.23. The lowest BCUT2D eigenvalue weighted by Gasteiger charge is -2.38. The maximum absolute atomic E-state index is 13.7. The number of hydrogen-bond acceptors (Lipinski definition) is 4. The highest BCUT2D eigenvalue weighted by Crippen LogP contribution is 2.43. The molecule has 3 aliphatic rings. The summed E-state index contributed by atoms with van der Waals surface area (Å²) in [7, 11) is 0. The molecule has 3 N–H and O–H groups in total. The van der Waals surface area contributed by atoms with Crippen LogP contribution in [0.3, 0.4) is 0 Å². The van der Waals surface area contributed by atoms with E-state index in [0.717, 1.165) is 36.3 Å². The number of fused-ring (bicyclic) bond motifs is 1. The van der Waals surface area contributed by atoms with Crippen molar-refractivity contribution in [2.75, 3.05) is 31.1 Å². The average Bonchev–Trinajstić information content (AvgIpc) is 3.51. The van der Waals surface area contributed by atoms with Gasteiger partial charge in [0, 0.05) is 37.4 Å². The van der Waals surface area contributed by atoms with Gasteiger partial charge in [0.25, 0.3) is 0 Å². The SMILES string of the molecule is CC1(C)C(=O)N(C2CCN(C(=O)[C@H](CCc3ccccc3)NC(=O)N[C@H]3CCNC3)CC2)c2ccccc21. The lowest BCUT2D eigenvalue weighted by molar-refractivity contribution is -0.134. The number of hydrogen-bond donors (Lipinski definition) is 3. The predicted molar refractivity (Wildman–Crippen MR) is 148 cm³/mol. The second kappa shape index (κ2) is 11.2. The standard InChI is InChI=1S/C30H39N5O3/c1-30(2)24-10-6-7-11-26(24)35(28(30)37)23-15-18-34(19-16-23)27(36)25(13-12-21-8-4-3-5-9-21)33-29(38)32-22-14-17-31-20-22/h3-11,22-23,25,31H,12-20H2,1-2H3,(H2,32,33,38)/t22-,25-/m0/s1. The molecule has 2 atom stereocenters. The Morgan fingerprint density at radius 1 is 1.03 bits per heavy atom. The number of amides is 4. The third-order valence-corrected chi connectivity index (χ3v) is 8.30. The molecule has 2 saturated heterocycles. The summed E-state index contributed by atoms with van der Waals surface area (Å²) >= 11 is 0. The number of piperidine rings is 1. The predicted octanol–water partition coefficient (Wildman–Crippen LogP) is 2.96. The van der Waals surface area contributed by atoms with Gasteiger partial charge < -0.3 is 25.8 Å². The van der Waals surface area contributed by atoms with E-state index in [1.807, 2.05) is 78.2 Å². The molecule has 0 aliphatic carbocycles. The van der Waals surface area contributed by atoms with Gasteiger partial charge in [-0.15, -0.1) is 0 Å². The van der Waals surface area contributed by atoms with Gasteiger partial charge in [0.05, 0.1) is 5.41 Å². The molecule has 0 saturated carbocycles. The second-order valence-electron chi connectivity index (χ2n) is 11.3. The summed E-state index contributed by atoms with van der Waals surface area (Å²) < 4.78 is 0. The minimum Gasteiger partial charge on any atom is -0.341 e.